The molecule has 0 aliphatic rings. The minimum Gasteiger partial charge on any atom is -0.382 e. The number of carbonyl (C=O) groups is 1. The zero-order chi connectivity index (χ0) is 13.2. The number of benzene rings is 1. The van der Waals surface area contributed by atoms with Crippen LogP contribution in [0.1, 0.15) is 5.56 Å². The molecule has 2 amide bonds. The Kier molecular flexibility index (Phi) is 7.40. The molecule has 6 heteroatoms. The minimum atomic E-state index is -0.254. The second-order valence-electron chi connectivity index (χ2n) is 3.53. The van der Waals surface area contributed by atoms with Gasteiger partial charge in [0.25, 0.3) is 0 Å². The summed E-state index contributed by atoms with van der Waals surface area (Å²) in [7, 11) is 1.60. The summed E-state index contributed by atoms with van der Waals surface area (Å²) in [6.07, 6.45) is 0. The molecule has 0 saturated carbocycles. The van der Waals surface area contributed by atoms with E-state index >= 15 is 0 Å². The predicted molar refractivity (Wildman–Crippen MR) is 72.2 cm³/mol. The molecule has 0 unspecified atom stereocenters. The van der Waals surface area contributed by atoms with Gasteiger partial charge in [0.15, 0.2) is 0 Å². The van der Waals surface area contributed by atoms with Gasteiger partial charge in [0.2, 0.25) is 0 Å². The van der Waals surface area contributed by atoms with Crippen molar-refractivity contribution in [3.8, 4) is 0 Å². The molecule has 2 N–H and O–H groups in total. The number of rotatable bonds is 7. The van der Waals surface area contributed by atoms with Crippen LogP contribution in [0.3, 0.4) is 0 Å². The normalized spacial score (nSPS) is 10.1. The van der Waals surface area contributed by atoms with Crippen LogP contribution in [-0.4, -0.2) is 33.1 Å². The number of hydrogen-bond donors (Lipinski definition) is 2. The van der Waals surface area contributed by atoms with Gasteiger partial charge in [-0.15, -0.1) is 0 Å². The molecule has 0 radical (unpaired) electrons. The second-order valence-corrected chi connectivity index (χ2v) is 4.45. The molecule has 0 fully saturated rings. The zero-order valence-electron chi connectivity index (χ0n) is 10.2. The van der Waals surface area contributed by atoms with Crippen LogP contribution in [0.25, 0.3) is 0 Å². The van der Waals surface area contributed by atoms with E-state index in [1.165, 1.54) is 0 Å². The highest BCUT2D eigenvalue weighted by atomic mass is 79.9. The number of halogens is 1. The summed E-state index contributed by atoms with van der Waals surface area (Å²) < 4.78 is 10.9. The van der Waals surface area contributed by atoms with Crippen LogP contribution in [0, 0.1) is 0 Å². The molecule has 0 aliphatic carbocycles. The topological polar surface area (TPSA) is 59.6 Å². The lowest BCUT2D eigenvalue weighted by Gasteiger charge is -2.08. The molecule has 1 aromatic rings. The van der Waals surface area contributed by atoms with E-state index in [9.17, 15) is 4.79 Å². The number of urea groups is 1. The number of hydrogen-bond acceptors (Lipinski definition) is 3. The molecule has 0 atom stereocenters. The van der Waals surface area contributed by atoms with E-state index in [2.05, 4.69) is 26.6 Å². The highest BCUT2D eigenvalue weighted by Gasteiger charge is 1.99. The van der Waals surface area contributed by atoms with E-state index < -0.39 is 0 Å². The Bertz CT molecular complexity index is 357. The number of amides is 2. The first-order valence-corrected chi connectivity index (χ1v) is 6.34. The Morgan fingerprint density at radius 3 is 2.61 bits per heavy atom. The maximum Gasteiger partial charge on any atom is 0.316 e. The molecule has 0 bridgehead atoms. The summed E-state index contributed by atoms with van der Waals surface area (Å²) in [5.41, 5.74) is 1.04. The highest BCUT2D eigenvalue weighted by Crippen LogP contribution is 2.09. The lowest BCUT2D eigenvalue weighted by atomic mass is 10.2. The van der Waals surface area contributed by atoms with Gasteiger partial charge < -0.3 is 20.1 Å². The third-order valence-corrected chi connectivity index (χ3v) is 2.66. The van der Waals surface area contributed by atoms with Crippen molar-refractivity contribution in [1.82, 2.24) is 10.6 Å². The lowest BCUT2D eigenvalue weighted by Crippen LogP contribution is -2.36. The van der Waals surface area contributed by atoms with E-state index in [0.29, 0.717) is 19.8 Å². The molecule has 1 rings (SSSR count). The average molecular weight is 317 g/mol. The maximum atomic E-state index is 11.4. The average Bonchev–Trinajstić information content (AvgIpc) is 2.38. The first-order valence-electron chi connectivity index (χ1n) is 5.55. The number of nitrogens with one attached hydrogen (secondary N) is 2. The van der Waals surface area contributed by atoms with Crippen molar-refractivity contribution in [2.75, 3.05) is 27.1 Å². The molecular weight excluding hydrogens is 300 g/mol. The Morgan fingerprint density at radius 1 is 1.22 bits per heavy atom. The third kappa shape index (κ3) is 6.58. The van der Waals surface area contributed by atoms with Gasteiger partial charge in [-0.1, -0.05) is 28.1 Å². The Hall–Kier alpha value is -1.11. The summed E-state index contributed by atoms with van der Waals surface area (Å²) >= 11 is 3.35. The van der Waals surface area contributed by atoms with Crippen molar-refractivity contribution in [2.45, 2.75) is 6.54 Å². The third-order valence-electron chi connectivity index (χ3n) is 2.13. The van der Waals surface area contributed by atoms with Crippen LogP contribution < -0.4 is 10.6 Å². The molecule has 0 saturated heterocycles. The van der Waals surface area contributed by atoms with E-state index in [-0.39, 0.29) is 12.8 Å². The van der Waals surface area contributed by atoms with Crippen molar-refractivity contribution in [3.05, 3.63) is 34.3 Å². The molecule has 0 heterocycles. The van der Waals surface area contributed by atoms with Crippen molar-refractivity contribution in [1.29, 1.82) is 0 Å². The van der Waals surface area contributed by atoms with Crippen molar-refractivity contribution < 1.29 is 14.3 Å². The summed E-state index contributed by atoms with van der Waals surface area (Å²) in [6, 6.07) is 7.50. The fourth-order valence-electron chi connectivity index (χ4n) is 1.18. The molecule has 100 valence electrons. The van der Waals surface area contributed by atoms with Gasteiger partial charge in [-0.3, -0.25) is 0 Å². The fraction of sp³-hybridized carbons (Fsp3) is 0.417. The van der Waals surface area contributed by atoms with Crippen LogP contribution >= 0.6 is 15.9 Å². The highest BCUT2D eigenvalue weighted by molar-refractivity contribution is 9.10. The standard InChI is InChI=1S/C12H17BrN2O3/c1-17-6-7-18-9-15-12(16)14-8-10-2-4-11(13)5-3-10/h2-5H,6-9H2,1H3,(H2,14,15,16). The smallest absolute Gasteiger partial charge is 0.316 e. The van der Waals surface area contributed by atoms with Crippen LogP contribution in [0.2, 0.25) is 0 Å². The van der Waals surface area contributed by atoms with Gasteiger partial charge in [-0.05, 0) is 17.7 Å². The maximum absolute atomic E-state index is 11.4. The zero-order valence-corrected chi connectivity index (χ0v) is 11.8. The minimum absolute atomic E-state index is 0.176. The Labute approximate surface area is 115 Å². The van der Waals surface area contributed by atoms with E-state index in [1.54, 1.807) is 7.11 Å². The molecule has 5 nitrogen and oxygen atoms in total. The van der Waals surface area contributed by atoms with Crippen LogP contribution in [-0.2, 0) is 16.0 Å². The van der Waals surface area contributed by atoms with Gasteiger partial charge >= 0.3 is 6.03 Å². The van der Waals surface area contributed by atoms with Crippen LogP contribution in [0.5, 0.6) is 0 Å². The summed E-state index contributed by atoms with van der Waals surface area (Å²) in [5, 5.41) is 5.32. The van der Waals surface area contributed by atoms with Crippen molar-refractivity contribution in [3.63, 3.8) is 0 Å². The predicted octanol–water partition coefficient (Wildman–Crippen LogP) is 1.87. The van der Waals surface area contributed by atoms with E-state index in [1.807, 2.05) is 24.3 Å². The molecule has 0 aliphatic heterocycles. The quantitative estimate of drug-likeness (QED) is 0.596. The summed E-state index contributed by atoms with van der Waals surface area (Å²) in [6.45, 7) is 1.64. The first kappa shape index (κ1) is 14.9. The van der Waals surface area contributed by atoms with Gasteiger partial charge in [0.1, 0.15) is 6.73 Å². The SMILES string of the molecule is COCCOCNC(=O)NCc1ccc(Br)cc1. The largest absolute Gasteiger partial charge is 0.382 e. The fourth-order valence-corrected chi connectivity index (χ4v) is 1.44. The molecule has 18 heavy (non-hydrogen) atoms. The van der Waals surface area contributed by atoms with E-state index in [0.717, 1.165) is 10.0 Å². The lowest BCUT2D eigenvalue weighted by molar-refractivity contribution is 0.0642. The van der Waals surface area contributed by atoms with Crippen LogP contribution in [0.4, 0.5) is 4.79 Å². The Morgan fingerprint density at radius 2 is 1.94 bits per heavy atom. The first-order chi connectivity index (χ1) is 8.72. The molecular formula is C12H17BrN2O3. The molecule has 0 aromatic heterocycles. The van der Waals surface area contributed by atoms with Gasteiger partial charge in [-0.2, -0.15) is 0 Å². The van der Waals surface area contributed by atoms with Gasteiger partial charge in [-0.25, -0.2) is 4.79 Å². The monoisotopic (exact) mass is 316 g/mol. The number of ether oxygens (including phenoxy) is 2. The molecule has 1 aromatic carbocycles. The Balaban J connectivity index is 2.11. The summed E-state index contributed by atoms with van der Waals surface area (Å²) in [4.78, 5) is 11.4. The molecule has 0 spiro atoms. The van der Waals surface area contributed by atoms with Crippen molar-refractivity contribution in [2.24, 2.45) is 0 Å². The van der Waals surface area contributed by atoms with Gasteiger partial charge in [0.05, 0.1) is 13.2 Å². The van der Waals surface area contributed by atoms with Crippen LogP contribution in [0.15, 0.2) is 28.7 Å². The van der Waals surface area contributed by atoms with Gasteiger partial charge in [0, 0.05) is 18.1 Å². The summed E-state index contributed by atoms with van der Waals surface area (Å²) in [5.74, 6) is 0. The number of methoxy groups -OCH3 is 1. The van der Waals surface area contributed by atoms with Crippen molar-refractivity contribution >= 4 is 22.0 Å². The second kappa shape index (κ2) is 8.91. The number of carbonyl (C=O) groups excluding carboxylic acids is 1. The van der Waals surface area contributed by atoms with E-state index in [4.69, 9.17) is 9.47 Å².